The normalized spacial score (nSPS) is 25.8. The number of fused-ring (bicyclic) bond motifs is 2. The number of hydrogen-bond acceptors (Lipinski definition) is 2. The zero-order chi connectivity index (χ0) is 15.6. The Kier molecular flexibility index (Phi) is 8.04. The quantitative estimate of drug-likeness (QED) is 0.264. The lowest BCUT2D eigenvalue weighted by Crippen LogP contribution is -2.17. The molecular weight excluding hydrogens is 272 g/mol. The Morgan fingerprint density at radius 1 is 0.955 bits per heavy atom. The highest BCUT2D eigenvalue weighted by molar-refractivity contribution is 5.69. The highest BCUT2D eigenvalue weighted by Crippen LogP contribution is 2.43. The minimum Gasteiger partial charge on any atom is -0.465 e. The van der Waals surface area contributed by atoms with Crippen molar-refractivity contribution in [2.24, 2.45) is 17.8 Å². The summed E-state index contributed by atoms with van der Waals surface area (Å²) in [6.45, 7) is 2.91. The van der Waals surface area contributed by atoms with E-state index in [-0.39, 0.29) is 5.97 Å². The molecule has 0 unspecified atom stereocenters. The maximum absolute atomic E-state index is 11.8. The van der Waals surface area contributed by atoms with Gasteiger partial charge in [-0.2, -0.15) is 0 Å². The van der Waals surface area contributed by atoms with Crippen molar-refractivity contribution in [1.29, 1.82) is 0 Å². The van der Waals surface area contributed by atoms with Crippen molar-refractivity contribution in [1.82, 2.24) is 0 Å². The van der Waals surface area contributed by atoms with Gasteiger partial charge in [-0.1, -0.05) is 70.4 Å². The molecule has 0 aromatic heterocycles. The first-order chi connectivity index (χ1) is 10.8. The number of allylic oxidation sites excluding steroid dienone is 2. The van der Waals surface area contributed by atoms with E-state index in [1.165, 1.54) is 64.2 Å². The van der Waals surface area contributed by atoms with Gasteiger partial charge in [-0.25, -0.2) is 0 Å². The van der Waals surface area contributed by atoms with E-state index in [0.717, 1.165) is 12.3 Å². The van der Waals surface area contributed by atoms with Crippen molar-refractivity contribution < 1.29 is 9.53 Å². The van der Waals surface area contributed by atoms with Gasteiger partial charge < -0.3 is 4.74 Å². The number of carbonyl (C=O) groups is 1. The van der Waals surface area contributed by atoms with Gasteiger partial charge in [0.25, 0.3) is 0 Å². The molecule has 0 saturated heterocycles. The third kappa shape index (κ3) is 6.14. The molecule has 0 aliphatic heterocycles. The van der Waals surface area contributed by atoms with Gasteiger partial charge in [0.1, 0.15) is 0 Å². The van der Waals surface area contributed by atoms with Crippen molar-refractivity contribution in [3.8, 4) is 0 Å². The Morgan fingerprint density at radius 3 is 2.23 bits per heavy atom. The molecule has 1 fully saturated rings. The Hall–Kier alpha value is -0.790. The van der Waals surface area contributed by atoms with Crippen LogP contribution in [0.4, 0.5) is 0 Å². The van der Waals surface area contributed by atoms with Crippen molar-refractivity contribution in [3.05, 3.63) is 12.2 Å². The molecule has 1 saturated carbocycles. The summed E-state index contributed by atoms with van der Waals surface area (Å²) in [7, 11) is 0. The van der Waals surface area contributed by atoms with Gasteiger partial charge in [0, 0.05) is 6.42 Å². The van der Waals surface area contributed by atoms with E-state index in [4.69, 9.17) is 4.74 Å². The molecule has 3 atom stereocenters. The average Bonchev–Trinajstić information content (AvgIpc) is 3.14. The second-order valence-electron chi connectivity index (χ2n) is 7.30. The largest absolute Gasteiger partial charge is 0.465 e. The van der Waals surface area contributed by atoms with E-state index in [0.29, 0.717) is 24.9 Å². The van der Waals surface area contributed by atoms with E-state index in [1.54, 1.807) is 0 Å². The maximum Gasteiger partial charge on any atom is 0.305 e. The number of unbranched alkanes of at least 4 members (excludes halogenated alkanes) is 8. The Balaban J connectivity index is 1.38. The Labute approximate surface area is 136 Å². The predicted octanol–water partition coefficient (Wildman–Crippen LogP) is 5.66. The van der Waals surface area contributed by atoms with Gasteiger partial charge in [0.15, 0.2) is 0 Å². The monoisotopic (exact) mass is 306 g/mol. The van der Waals surface area contributed by atoms with Crippen LogP contribution in [0.5, 0.6) is 0 Å². The molecule has 0 aromatic carbocycles. The SMILES string of the molecule is CCCCCCCCCCCC(=O)OC[C@@H]1C[C@@H]2C=C[C@H]1C2. The molecule has 22 heavy (non-hydrogen) atoms. The van der Waals surface area contributed by atoms with E-state index in [1.807, 2.05) is 0 Å². The topological polar surface area (TPSA) is 26.3 Å². The standard InChI is InChI=1S/C20H34O2/c1-2-3-4-5-6-7-8-9-10-11-20(21)22-16-19-15-17-12-13-18(19)14-17/h12-13,17-19H,2-11,14-16H2,1H3/t17-,18+,19+/m1/s1. The summed E-state index contributed by atoms with van der Waals surface area (Å²) >= 11 is 0. The zero-order valence-corrected chi connectivity index (χ0v) is 14.4. The van der Waals surface area contributed by atoms with Gasteiger partial charge in [0.05, 0.1) is 6.61 Å². The van der Waals surface area contributed by atoms with E-state index in [2.05, 4.69) is 19.1 Å². The van der Waals surface area contributed by atoms with Gasteiger partial charge >= 0.3 is 5.97 Å². The summed E-state index contributed by atoms with van der Waals surface area (Å²) in [6, 6.07) is 0. The number of carbonyl (C=O) groups excluding carboxylic acids is 1. The van der Waals surface area contributed by atoms with Crippen LogP contribution >= 0.6 is 0 Å². The second kappa shape index (κ2) is 10.1. The molecule has 0 N–H and O–H groups in total. The van der Waals surface area contributed by atoms with Crippen molar-refractivity contribution in [2.75, 3.05) is 6.61 Å². The zero-order valence-electron chi connectivity index (χ0n) is 14.4. The lowest BCUT2D eigenvalue weighted by Gasteiger charge is -2.17. The highest BCUT2D eigenvalue weighted by Gasteiger charge is 2.36. The average molecular weight is 306 g/mol. The second-order valence-corrected chi connectivity index (χ2v) is 7.30. The molecule has 126 valence electrons. The molecule has 0 amide bonds. The first kappa shape index (κ1) is 17.6. The summed E-state index contributed by atoms with van der Waals surface area (Å²) in [6.07, 6.45) is 19.4. The van der Waals surface area contributed by atoms with Crippen LogP contribution in [0.15, 0.2) is 12.2 Å². The van der Waals surface area contributed by atoms with E-state index in [9.17, 15) is 4.79 Å². The fraction of sp³-hybridized carbons (Fsp3) is 0.850. The molecule has 2 aliphatic carbocycles. The van der Waals surface area contributed by atoms with Crippen LogP contribution in [0.3, 0.4) is 0 Å². The van der Waals surface area contributed by atoms with Crippen LogP contribution in [0.25, 0.3) is 0 Å². The van der Waals surface area contributed by atoms with E-state index >= 15 is 0 Å². The summed E-state index contributed by atoms with van der Waals surface area (Å²) in [5, 5.41) is 0. The molecule has 2 aliphatic rings. The minimum atomic E-state index is 0.0229. The van der Waals surface area contributed by atoms with Gasteiger partial charge in [-0.3, -0.25) is 4.79 Å². The summed E-state index contributed by atoms with van der Waals surface area (Å²) < 4.78 is 5.48. The summed E-state index contributed by atoms with van der Waals surface area (Å²) in [5.74, 6) is 2.08. The Bertz CT molecular complexity index is 348. The molecule has 2 bridgehead atoms. The molecule has 0 radical (unpaired) electrons. The summed E-state index contributed by atoms with van der Waals surface area (Å²) in [4.78, 5) is 11.8. The minimum absolute atomic E-state index is 0.0229. The number of hydrogen-bond donors (Lipinski definition) is 0. The first-order valence-electron chi connectivity index (χ1n) is 9.63. The molecular formula is C20H34O2. The summed E-state index contributed by atoms with van der Waals surface area (Å²) in [5.41, 5.74) is 0. The van der Waals surface area contributed by atoms with Crippen LogP contribution in [-0.2, 0) is 9.53 Å². The smallest absolute Gasteiger partial charge is 0.305 e. The molecule has 2 nitrogen and oxygen atoms in total. The van der Waals surface area contributed by atoms with Crippen LogP contribution < -0.4 is 0 Å². The fourth-order valence-corrected chi connectivity index (χ4v) is 3.94. The van der Waals surface area contributed by atoms with Crippen LogP contribution in [-0.4, -0.2) is 12.6 Å². The third-order valence-electron chi connectivity index (χ3n) is 5.36. The highest BCUT2D eigenvalue weighted by atomic mass is 16.5. The number of esters is 1. The number of rotatable bonds is 12. The molecule has 0 spiro atoms. The van der Waals surface area contributed by atoms with E-state index < -0.39 is 0 Å². The van der Waals surface area contributed by atoms with Crippen molar-refractivity contribution in [2.45, 2.75) is 84.0 Å². The van der Waals surface area contributed by atoms with Crippen LogP contribution in [0.2, 0.25) is 0 Å². The molecule has 0 heterocycles. The predicted molar refractivity (Wildman–Crippen MR) is 91.6 cm³/mol. The van der Waals surface area contributed by atoms with Crippen molar-refractivity contribution >= 4 is 5.97 Å². The molecule has 0 aromatic rings. The lowest BCUT2D eigenvalue weighted by atomic mass is 9.95. The molecule has 2 rings (SSSR count). The Morgan fingerprint density at radius 2 is 1.64 bits per heavy atom. The fourth-order valence-electron chi connectivity index (χ4n) is 3.94. The van der Waals surface area contributed by atoms with Crippen LogP contribution in [0.1, 0.15) is 84.0 Å². The maximum atomic E-state index is 11.8. The number of ether oxygens (including phenoxy) is 1. The lowest BCUT2D eigenvalue weighted by molar-refractivity contribution is -0.145. The van der Waals surface area contributed by atoms with Gasteiger partial charge in [0.2, 0.25) is 0 Å². The third-order valence-corrected chi connectivity index (χ3v) is 5.36. The van der Waals surface area contributed by atoms with Gasteiger partial charge in [-0.15, -0.1) is 0 Å². The first-order valence-corrected chi connectivity index (χ1v) is 9.63. The van der Waals surface area contributed by atoms with Crippen LogP contribution in [0, 0.1) is 17.8 Å². The van der Waals surface area contributed by atoms with Gasteiger partial charge in [-0.05, 0) is 37.0 Å². The van der Waals surface area contributed by atoms with Crippen molar-refractivity contribution in [3.63, 3.8) is 0 Å². The molecule has 2 heteroatoms.